The summed E-state index contributed by atoms with van der Waals surface area (Å²) in [5.41, 5.74) is 5.37. The molecule has 1 atom stereocenters. The molecule has 0 aliphatic rings. The van der Waals surface area contributed by atoms with E-state index in [2.05, 4.69) is 35.1 Å². The zero-order valence-electron chi connectivity index (χ0n) is 16.1. The van der Waals surface area contributed by atoms with Crippen molar-refractivity contribution in [2.75, 3.05) is 6.61 Å². The fraction of sp³-hybridized carbons (Fsp3) is 0.333. The molecular formula is C21H25IN2O3. The number of aliphatic hydroxyl groups excluding tert-OH is 1. The number of aliphatic hydroxyl groups is 1. The van der Waals surface area contributed by atoms with Crippen molar-refractivity contribution in [1.82, 2.24) is 4.57 Å². The normalized spacial score (nSPS) is 11.9. The lowest BCUT2D eigenvalue weighted by atomic mass is 10.1. The van der Waals surface area contributed by atoms with E-state index < -0.39 is 6.10 Å². The number of hydrogen-bond donors (Lipinski definition) is 1. The zero-order chi connectivity index (χ0) is 18.8. The van der Waals surface area contributed by atoms with E-state index in [1.807, 2.05) is 13.4 Å². The minimum Gasteiger partial charge on any atom is -1.00 e. The fourth-order valence-corrected chi connectivity index (χ4v) is 3.04. The van der Waals surface area contributed by atoms with E-state index in [0.29, 0.717) is 17.9 Å². The number of rotatable bonds is 6. The van der Waals surface area contributed by atoms with Crippen LogP contribution in [0.5, 0.6) is 5.75 Å². The Labute approximate surface area is 176 Å². The van der Waals surface area contributed by atoms with Gasteiger partial charge in [0.2, 0.25) is 6.33 Å². The van der Waals surface area contributed by atoms with Crippen molar-refractivity contribution in [3.05, 3.63) is 59.4 Å². The lowest BCUT2D eigenvalue weighted by Gasteiger charge is -2.11. The maximum Gasteiger partial charge on any atom is 0.244 e. The number of carbonyl (C=O) groups is 1. The molecule has 0 aliphatic carbocycles. The van der Waals surface area contributed by atoms with Gasteiger partial charge in [0.1, 0.15) is 25.0 Å². The first-order valence-corrected chi connectivity index (χ1v) is 8.72. The maximum absolute atomic E-state index is 11.3. The number of halogens is 1. The van der Waals surface area contributed by atoms with Crippen LogP contribution in [0.1, 0.15) is 28.4 Å². The predicted molar refractivity (Wildman–Crippen MR) is 101 cm³/mol. The van der Waals surface area contributed by atoms with Crippen LogP contribution in [0.2, 0.25) is 0 Å². The Morgan fingerprint density at radius 2 is 1.81 bits per heavy atom. The van der Waals surface area contributed by atoms with Crippen molar-refractivity contribution < 1.29 is 43.2 Å². The summed E-state index contributed by atoms with van der Waals surface area (Å²) < 4.78 is 9.77. The molecule has 0 spiro atoms. The predicted octanol–water partition coefficient (Wildman–Crippen LogP) is -0.271. The number of ether oxygens (including phenoxy) is 1. The molecule has 3 aromatic rings. The highest BCUT2D eigenvalue weighted by atomic mass is 127. The summed E-state index contributed by atoms with van der Waals surface area (Å²) >= 11 is 0. The molecule has 1 unspecified atom stereocenters. The van der Waals surface area contributed by atoms with Crippen LogP contribution in [0, 0.1) is 13.8 Å². The highest BCUT2D eigenvalue weighted by Gasteiger charge is 2.18. The third kappa shape index (κ3) is 4.87. The van der Waals surface area contributed by atoms with Crippen molar-refractivity contribution in [3.8, 4) is 5.75 Å². The maximum atomic E-state index is 11.3. The Hall–Kier alpha value is -1.93. The quantitative estimate of drug-likeness (QED) is 0.301. The third-order valence-corrected chi connectivity index (χ3v) is 4.70. The van der Waals surface area contributed by atoms with E-state index in [0.717, 1.165) is 11.0 Å². The number of imidazole rings is 1. The van der Waals surface area contributed by atoms with Gasteiger partial charge in [-0.05, 0) is 68.3 Å². The first-order valence-electron chi connectivity index (χ1n) is 8.72. The summed E-state index contributed by atoms with van der Waals surface area (Å²) in [5, 5.41) is 10.4. The topological polar surface area (TPSA) is 55.3 Å². The average Bonchev–Trinajstić information content (AvgIpc) is 2.89. The Morgan fingerprint density at radius 3 is 2.44 bits per heavy atom. The summed E-state index contributed by atoms with van der Waals surface area (Å²) in [6.07, 6.45) is 1.36. The molecular weight excluding hydrogens is 455 g/mol. The second kappa shape index (κ2) is 8.84. The summed E-state index contributed by atoms with van der Waals surface area (Å²) in [7, 11) is 2.01. The number of carbonyl (C=O) groups excluding carboxylic acids is 1. The highest BCUT2D eigenvalue weighted by Crippen LogP contribution is 2.18. The van der Waals surface area contributed by atoms with Crippen molar-refractivity contribution in [1.29, 1.82) is 0 Å². The molecule has 0 bridgehead atoms. The van der Waals surface area contributed by atoms with Gasteiger partial charge in [0.05, 0.1) is 7.05 Å². The number of Topliss-reactive ketones (excluding diaryl/α,β-unsaturated/α-hetero) is 1. The van der Waals surface area contributed by atoms with Gasteiger partial charge in [0, 0.05) is 5.56 Å². The number of aromatic nitrogens is 2. The molecule has 0 amide bonds. The largest absolute Gasteiger partial charge is 1.00 e. The van der Waals surface area contributed by atoms with E-state index in [1.165, 1.54) is 18.1 Å². The zero-order valence-corrected chi connectivity index (χ0v) is 18.2. The van der Waals surface area contributed by atoms with Crippen molar-refractivity contribution >= 4 is 16.8 Å². The number of fused-ring (bicyclic) bond motifs is 1. The van der Waals surface area contributed by atoms with Crippen molar-refractivity contribution in [3.63, 3.8) is 0 Å². The Balaban J connectivity index is 0.00000261. The average molecular weight is 480 g/mol. The first kappa shape index (κ1) is 21.4. The fourth-order valence-electron chi connectivity index (χ4n) is 3.04. The smallest absolute Gasteiger partial charge is 0.244 e. The summed E-state index contributed by atoms with van der Waals surface area (Å²) in [4.78, 5) is 11.3. The lowest BCUT2D eigenvalue weighted by Crippen LogP contribution is -3.00. The van der Waals surface area contributed by atoms with Gasteiger partial charge in [0.25, 0.3) is 0 Å². The second-order valence-corrected chi connectivity index (χ2v) is 6.85. The van der Waals surface area contributed by atoms with Crippen molar-refractivity contribution in [2.45, 2.75) is 33.4 Å². The van der Waals surface area contributed by atoms with Gasteiger partial charge >= 0.3 is 0 Å². The van der Waals surface area contributed by atoms with E-state index in [9.17, 15) is 9.90 Å². The molecule has 144 valence electrons. The van der Waals surface area contributed by atoms with Crippen LogP contribution < -0.4 is 33.3 Å². The molecule has 6 heteroatoms. The highest BCUT2D eigenvalue weighted by molar-refractivity contribution is 5.94. The van der Waals surface area contributed by atoms with Gasteiger partial charge in [-0.2, -0.15) is 0 Å². The van der Waals surface area contributed by atoms with Gasteiger partial charge in [-0.1, -0.05) is 0 Å². The monoisotopic (exact) mass is 480 g/mol. The summed E-state index contributed by atoms with van der Waals surface area (Å²) in [6.45, 7) is 6.37. The minimum atomic E-state index is -0.639. The van der Waals surface area contributed by atoms with Crippen molar-refractivity contribution in [2.24, 2.45) is 7.05 Å². The Kier molecular flexibility index (Phi) is 7.00. The van der Waals surface area contributed by atoms with Crippen LogP contribution in [0.4, 0.5) is 0 Å². The Morgan fingerprint density at radius 1 is 1.19 bits per heavy atom. The van der Waals surface area contributed by atoms with Gasteiger partial charge in [0.15, 0.2) is 16.8 Å². The van der Waals surface area contributed by atoms with Crippen LogP contribution in [0.15, 0.2) is 42.7 Å². The van der Waals surface area contributed by atoms with Crippen LogP contribution in [0.3, 0.4) is 0 Å². The number of aryl methyl sites for hydroxylation is 3. The number of hydrogen-bond acceptors (Lipinski definition) is 3. The minimum absolute atomic E-state index is 0. The molecule has 1 heterocycles. The lowest BCUT2D eigenvalue weighted by molar-refractivity contribution is -0.645. The van der Waals surface area contributed by atoms with Crippen LogP contribution in [0.25, 0.3) is 11.0 Å². The summed E-state index contributed by atoms with van der Waals surface area (Å²) in [5.74, 6) is 0.665. The molecule has 0 saturated heterocycles. The molecule has 5 nitrogen and oxygen atoms in total. The molecule has 0 aliphatic heterocycles. The van der Waals surface area contributed by atoms with Gasteiger partial charge in [-0.15, -0.1) is 0 Å². The third-order valence-electron chi connectivity index (χ3n) is 4.70. The molecule has 3 rings (SSSR count). The van der Waals surface area contributed by atoms with E-state index in [-0.39, 0.29) is 36.4 Å². The molecule has 1 N–H and O–H groups in total. The summed E-state index contributed by atoms with van der Waals surface area (Å²) in [6, 6.07) is 11.3. The Bertz CT molecular complexity index is 948. The molecule has 0 saturated carbocycles. The van der Waals surface area contributed by atoms with Gasteiger partial charge in [-0.3, -0.25) is 4.79 Å². The standard InChI is InChI=1S/C21H25N2O3.HI/c1-14-9-20-21(10-15(14)2)23(13-22(20)4)11-18(25)12-26-19-7-5-17(6-8-19)16(3)24;/h5-10,13,18,25H,11-12H2,1-4H3;1H/q+1;/p-1. The van der Waals surface area contributed by atoms with E-state index in [1.54, 1.807) is 24.3 Å². The second-order valence-electron chi connectivity index (χ2n) is 6.85. The van der Waals surface area contributed by atoms with Gasteiger partial charge in [-0.25, -0.2) is 9.13 Å². The van der Waals surface area contributed by atoms with Crippen LogP contribution in [-0.2, 0) is 13.6 Å². The van der Waals surface area contributed by atoms with Crippen LogP contribution in [-0.4, -0.2) is 28.2 Å². The molecule has 1 aromatic heterocycles. The van der Waals surface area contributed by atoms with Gasteiger partial charge < -0.3 is 33.8 Å². The molecule has 2 aromatic carbocycles. The molecule has 0 radical (unpaired) electrons. The number of benzene rings is 2. The SMILES string of the molecule is CC(=O)c1ccc(OCC(O)Cn2c[n+](C)c3cc(C)c(C)cc32)cc1.[I-]. The first-order chi connectivity index (χ1) is 12.3. The van der Waals surface area contributed by atoms with Crippen LogP contribution >= 0.6 is 0 Å². The van der Waals surface area contributed by atoms with E-state index in [4.69, 9.17) is 4.74 Å². The van der Waals surface area contributed by atoms with E-state index >= 15 is 0 Å². The number of nitrogens with zero attached hydrogens (tertiary/aromatic N) is 2. The molecule has 0 fully saturated rings. The number of ketones is 1. The molecule has 27 heavy (non-hydrogen) atoms.